The largest absolute Gasteiger partial charge is 0.457 e. The van der Waals surface area contributed by atoms with Crippen LogP contribution in [0.4, 0.5) is 11.4 Å². The Kier molecular flexibility index (Phi) is 6.60. The third kappa shape index (κ3) is 5.30. The van der Waals surface area contributed by atoms with Gasteiger partial charge >= 0.3 is 0 Å². The maximum absolute atomic E-state index is 12.8. The zero-order chi connectivity index (χ0) is 23.3. The summed E-state index contributed by atoms with van der Waals surface area (Å²) >= 11 is 1.50. The molecule has 0 unspecified atom stereocenters. The normalized spacial score (nSPS) is 14.1. The van der Waals surface area contributed by atoms with Crippen molar-refractivity contribution in [3.8, 4) is 21.9 Å². The highest BCUT2D eigenvalue weighted by molar-refractivity contribution is 7.17. The van der Waals surface area contributed by atoms with Crippen molar-refractivity contribution in [3.63, 3.8) is 0 Å². The van der Waals surface area contributed by atoms with Gasteiger partial charge in [0.2, 0.25) is 0 Å². The fourth-order valence-electron chi connectivity index (χ4n) is 3.94. The van der Waals surface area contributed by atoms with E-state index in [1.54, 1.807) is 0 Å². The van der Waals surface area contributed by atoms with E-state index >= 15 is 0 Å². The number of likely N-dealkylation sites (N-methyl/N-ethyl adjacent to an activating group) is 1. The molecule has 0 spiro atoms. The first-order chi connectivity index (χ1) is 16.6. The Morgan fingerprint density at radius 2 is 1.47 bits per heavy atom. The summed E-state index contributed by atoms with van der Waals surface area (Å²) < 4.78 is 5.81. The first-order valence-corrected chi connectivity index (χ1v) is 12.2. The maximum Gasteiger partial charge on any atom is 0.265 e. The number of carbonyl (C=O) groups is 1. The van der Waals surface area contributed by atoms with Crippen LogP contribution in [0.5, 0.6) is 11.5 Å². The molecule has 1 aromatic heterocycles. The van der Waals surface area contributed by atoms with Crippen LogP contribution in [-0.4, -0.2) is 44.0 Å². The zero-order valence-electron chi connectivity index (χ0n) is 19.1. The average molecular weight is 470 g/mol. The van der Waals surface area contributed by atoms with Gasteiger partial charge in [0.05, 0.1) is 4.88 Å². The van der Waals surface area contributed by atoms with Gasteiger partial charge < -0.3 is 19.9 Å². The molecular weight excluding hydrogens is 442 g/mol. The molecule has 4 aromatic rings. The van der Waals surface area contributed by atoms with Crippen molar-refractivity contribution in [2.24, 2.45) is 0 Å². The van der Waals surface area contributed by atoms with E-state index in [0.717, 1.165) is 53.8 Å². The van der Waals surface area contributed by atoms with Crippen molar-refractivity contribution in [3.05, 3.63) is 95.9 Å². The first-order valence-electron chi connectivity index (χ1n) is 11.4. The topological polar surface area (TPSA) is 44.8 Å². The van der Waals surface area contributed by atoms with Crippen LogP contribution < -0.4 is 15.0 Å². The lowest BCUT2D eigenvalue weighted by molar-refractivity contribution is 0.103. The van der Waals surface area contributed by atoms with Crippen molar-refractivity contribution in [2.75, 3.05) is 43.4 Å². The fourth-order valence-corrected chi connectivity index (χ4v) is 4.85. The SMILES string of the molecule is CN1CCN(c2ccc(-c3ccc(C(=O)Nc4ccc(Oc5ccccc5)cc4)s3)cc2)CC1. The monoisotopic (exact) mass is 469 g/mol. The highest BCUT2D eigenvalue weighted by atomic mass is 32.1. The lowest BCUT2D eigenvalue weighted by atomic mass is 10.1. The summed E-state index contributed by atoms with van der Waals surface area (Å²) in [5.41, 5.74) is 3.12. The Hall–Kier alpha value is -3.61. The van der Waals surface area contributed by atoms with Crippen LogP contribution in [0.25, 0.3) is 10.4 Å². The summed E-state index contributed by atoms with van der Waals surface area (Å²) in [7, 11) is 2.17. The Bertz CT molecular complexity index is 1230. The number of para-hydroxylation sites is 1. The number of hydrogen-bond acceptors (Lipinski definition) is 5. The molecule has 1 aliphatic heterocycles. The summed E-state index contributed by atoms with van der Waals surface area (Å²) in [6, 6.07) is 29.6. The highest BCUT2D eigenvalue weighted by Crippen LogP contribution is 2.31. The van der Waals surface area contributed by atoms with E-state index in [1.165, 1.54) is 17.0 Å². The molecule has 172 valence electrons. The van der Waals surface area contributed by atoms with E-state index in [2.05, 4.69) is 46.4 Å². The number of anilines is 2. The number of carbonyl (C=O) groups excluding carboxylic acids is 1. The van der Waals surface area contributed by atoms with Crippen molar-refractivity contribution < 1.29 is 9.53 Å². The smallest absolute Gasteiger partial charge is 0.265 e. The van der Waals surface area contributed by atoms with Crippen LogP contribution in [0.3, 0.4) is 0 Å². The Labute approximate surface area is 204 Å². The molecule has 1 amide bonds. The Morgan fingerprint density at radius 1 is 0.794 bits per heavy atom. The van der Waals surface area contributed by atoms with Gasteiger partial charge in [-0.15, -0.1) is 11.3 Å². The molecule has 5 nitrogen and oxygen atoms in total. The number of benzene rings is 3. The van der Waals surface area contributed by atoms with E-state index in [-0.39, 0.29) is 5.91 Å². The quantitative estimate of drug-likeness (QED) is 0.365. The molecule has 3 aromatic carbocycles. The second-order valence-corrected chi connectivity index (χ2v) is 9.48. The average Bonchev–Trinajstić information content (AvgIpc) is 3.37. The predicted molar refractivity (Wildman–Crippen MR) is 140 cm³/mol. The minimum absolute atomic E-state index is 0.109. The van der Waals surface area contributed by atoms with Crippen LogP contribution in [0, 0.1) is 0 Å². The van der Waals surface area contributed by atoms with E-state index in [1.807, 2.05) is 66.7 Å². The van der Waals surface area contributed by atoms with Gasteiger partial charge in [0.15, 0.2) is 0 Å². The van der Waals surface area contributed by atoms with Gasteiger partial charge in [-0.1, -0.05) is 30.3 Å². The second kappa shape index (κ2) is 10.1. The van der Waals surface area contributed by atoms with Crippen LogP contribution in [0.1, 0.15) is 9.67 Å². The van der Waals surface area contributed by atoms with Gasteiger partial charge in [0.1, 0.15) is 11.5 Å². The molecule has 0 bridgehead atoms. The molecule has 1 aliphatic rings. The number of ether oxygens (including phenoxy) is 1. The summed E-state index contributed by atoms with van der Waals surface area (Å²) in [5.74, 6) is 1.40. The zero-order valence-corrected chi connectivity index (χ0v) is 19.9. The minimum Gasteiger partial charge on any atom is -0.457 e. The van der Waals surface area contributed by atoms with E-state index in [9.17, 15) is 4.79 Å². The van der Waals surface area contributed by atoms with Gasteiger partial charge in [-0.2, -0.15) is 0 Å². The van der Waals surface area contributed by atoms with Crippen molar-refractivity contribution in [1.29, 1.82) is 0 Å². The molecule has 6 heteroatoms. The van der Waals surface area contributed by atoms with E-state index in [0.29, 0.717) is 4.88 Å². The van der Waals surface area contributed by atoms with Crippen molar-refractivity contribution in [1.82, 2.24) is 4.90 Å². The number of piperazine rings is 1. The lowest BCUT2D eigenvalue weighted by Gasteiger charge is -2.34. The number of thiophene rings is 1. The molecule has 0 saturated carbocycles. The number of nitrogens with one attached hydrogen (secondary N) is 1. The lowest BCUT2D eigenvalue weighted by Crippen LogP contribution is -2.44. The van der Waals surface area contributed by atoms with Gasteiger partial charge in [0, 0.05) is 42.4 Å². The van der Waals surface area contributed by atoms with E-state index < -0.39 is 0 Å². The molecule has 5 rings (SSSR count). The third-order valence-electron chi connectivity index (χ3n) is 5.94. The van der Waals surface area contributed by atoms with Crippen molar-refractivity contribution in [2.45, 2.75) is 0 Å². The molecule has 0 radical (unpaired) electrons. The predicted octanol–water partition coefficient (Wildman–Crippen LogP) is 6.21. The van der Waals surface area contributed by atoms with Crippen molar-refractivity contribution >= 4 is 28.6 Å². The maximum atomic E-state index is 12.8. The number of hydrogen-bond donors (Lipinski definition) is 1. The summed E-state index contributed by atoms with van der Waals surface area (Å²) in [6.07, 6.45) is 0. The van der Waals surface area contributed by atoms with Gasteiger partial charge in [0.25, 0.3) is 5.91 Å². The Morgan fingerprint density at radius 3 is 2.18 bits per heavy atom. The summed E-state index contributed by atoms with van der Waals surface area (Å²) in [5, 5.41) is 2.98. The van der Waals surface area contributed by atoms with Crippen LogP contribution >= 0.6 is 11.3 Å². The molecule has 1 N–H and O–H groups in total. The van der Waals surface area contributed by atoms with E-state index in [4.69, 9.17) is 4.74 Å². The number of rotatable bonds is 6. The molecule has 34 heavy (non-hydrogen) atoms. The molecular formula is C28H27N3O2S. The fraction of sp³-hybridized carbons (Fsp3) is 0.179. The number of nitrogens with zero attached hydrogens (tertiary/aromatic N) is 2. The van der Waals surface area contributed by atoms with Gasteiger partial charge in [-0.3, -0.25) is 4.79 Å². The molecule has 0 aliphatic carbocycles. The van der Waals surface area contributed by atoms with Crippen LogP contribution in [-0.2, 0) is 0 Å². The molecule has 1 saturated heterocycles. The third-order valence-corrected chi connectivity index (χ3v) is 7.07. The van der Waals surface area contributed by atoms with Crippen LogP contribution in [0.2, 0.25) is 0 Å². The molecule has 1 fully saturated rings. The number of amides is 1. The molecule has 2 heterocycles. The van der Waals surface area contributed by atoms with Gasteiger partial charge in [-0.25, -0.2) is 0 Å². The molecule has 0 atom stereocenters. The standard InChI is InChI=1S/C28H27N3O2S/c1-30-17-19-31(20-18-30)23-11-7-21(8-12-23)26-15-16-27(34-26)28(32)29-22-9-13-25(14-10-22)33-24-5-3-2-4-6-24/h2-16H,17-20H2,1H3,(H,29,32). The first kappa shape index (κ1) is 22.2. The summed E-state index contributed by atoms with van der Waals surface area (Å²) in [6.45, 7) is 4.29. The highest BCUT2D eigenvalue weighted by Gasteiger charge is 2.15. The summed E-state index contributed by atoms with van der Waals surface area (Å²) in [4.78, 5) is 19.3. The minimum atomic E-state index is -0.109. The Balaban J connectivity index is 1.20. The van der Waals surface area contributed by atoms with Gasteiger partial charge in [-0.05, 0) is 73.3 Å². The second-order valence-electron chi connectivity index (χ2n) is 8.39. The van der Waals surface area contributed by atoms with Crippen LogP contribution in [0.15, 0.2) is 91.0 Å².